The van der Waals surface area contributed by atoms with Gasteiger partial charge in [-0.1, -0.05) is 30.3 Å². The van der Waals surface area contributed by atoms with Crippen molar-refractivity contribution in [3.63, 3.8) is 0 Å². The zero-order valence-corrected chi connectivity index (χ0v) is 11.3. The number of rotatable bonds is 1. The van der Waals surface area contributed by atoms with Crippen LogP contribution in [0.25, 0.3) is 0 Å². The lowest BCUT2D eigenvalue weighted by Gasteiger charge is -2.35. The standard InChI is InChI=1S/C17H18N2/c1-17-14-6-4-3-5-13(14)16(19-17)9-11-7-8-12(18-2)10-15(11)17/h3-8,10,16,18-19H,9H2,1-2H3/i2-1. The number of anilines is 1. The van der Waals surface area contributed by atoms with Gasteiger partial charge in [0, 0.05) is 18.8 Å². The Morgan fingerprint density at radius 1 is 1.16 bits per heavy atom. The lowest BCUT2D eigenvalue weighted by molar-refractivity contribution is 0.389. The Morgan fingerprint density at radius 2 is 2.00 bits per heavy atom. The summed E-state index contributed by atoms with van der Waals surface area (Å²) in [6, 6.07) is 16.0. The molecule has 0 fully saturated rings. The van der Waals surface area contributed by atoms with Crippen molar-refractivity contribution in [1.29, 1.82) is 0 Å². The largest absolute Gasteiger partial charge is 0.388 e. The van der Waals surface area contributed by atoms with Gasteiger partial charge in [0.05, 0.1) is 5.54 Å². The second-order valence-corrected chi connectivity index (χ2v) is 5.74. The number of hydrogen-bond donors (Lipinski definition) is 2. The van der Waals surface area contributed by atoms with E-state index < -0.39 is 0 Å². The Bertz CT molecular complexity index is 662. The number of benzene rings is 2. The van der Waals surface area contributed by atoms with E-state index in [-0.39, 0.29) is 5.54 Å². The maximum Gasteiger partial charge on any atom is 0.0673 e. The van der Waals surface area contributed by atoms with E-state index in [0.717, 1.165) is 6.42 Å². The van der Waals surface area contributed by atoms with E-state index in [1.54, 1.807) is 0 Å². The molecule has 2 atom stereocenters. The topological polar surface area (TPSA) is 24.1 Å². The lowest BCUT2D eigenvalue weighted by atomic mass is 9.82. The average Bonchev–Trinajstić information content (AvgIpc) is 2.69. The molecule has 96 valence electrons. The third kappa shape index (κ3) is 1.35. The van der Waals surface area contributed by atoms with Crippen LogP contribution < -0.4 is 10.6 Å². The van der Waals surface area contributed by atoms with E-state index in [1.165, 1.54) is 27.9 Å². The maximum atomic E-state index is 3.81. The molecule has 2 aromatic rings. The van der Waals surface area contributed by atoms with Crippen LogP contribution in [-0.4, -0.2) is 7.05 Å². The van der Waals surface area contributed by atoms with Crippen molar-refractivity contribution in [2.45, 2.75) is 24.9 Å². The summed E-state index contributed by atoms with van der Waals surface area (Å²) in [6.07, 6.45) is 1.09. The molecule has 0 radical (unpaired) electrons. The Labute approximate surface area is 113 Å². The molecule has 0 spiro atoms. The van der Waals surface area contributed by atoms with Gasteiger partial charge in [-0.05, 0) is 47.7 Å². The minimum absolute atomic E-state index is 0.0400. The summed E-state index contributed by atoms with van der Waals surface area (Å²) in [6.45, 7) is 2.31. The Balaban J connectivity index is 1.98. The molecule has 0 amide bonds. The summed E-state index contributed by atoms with van der Waals surface area (Å²) in [4.78, 5) is 0. The highest BCUT2D eigenvalue weighted by atomic mass is 15.1. The quantitative estimate of drug-likeness (QED) is 0.811. The van der Waals surface area contributed by atoms with E-state index >= 15 is 0 Å². The molecule has 0 aromatic heterocycles. The zero-order valence-electron chi connectivity index (χ0n) is 11.3. The van der Waals surface area contributed by atoms with Gasteiger partial charge in [0.25, 0.3) is 0 Å². The van der Waals surface area contributed by atoms with Gasteiger partial charge in [-0.2, -0.15) is 0 Å². The van der Waals surface area contributed by atoms with Gasteiger partial charge in [0.15, 0.2) is 0 Å². The summed E-state index contributed by atoms with van der Waals surface area (Å²) in [7, 11) is 1.98. The predicted molar refractivity (Wildman–Crippen MR) is 78.5 cm³/mol. The average molecular weight is 249 g/mol. The van der Waals surface area contributed by atoms with Gasteiger partial charge in [0.1, 0.15) is 0 Å². The van der Waals surface area contributed by atoms with Crippen LogP contribution in [0.4, 0.5) is 5.69 Å². The molecule has 4 rings (SSSR count). The van der Waals surface area contributed by atoms with Crippen molar-refractivity contribution in [3.05, 3.63) is 64.7 Å². The Kier molecular flexibility index (Phi) is 2.10. The van der Waals surface area contributed by atoms with E-state index in [9.17, 15) is 0 Å². The first-order valence-corrected chi connectivity index (χ1v) is 6.90. The first-order valence-electron chi connectivity index (χ1n) is 6.90. The summed E-state index contributed by atoms with van der Waals surface area (Å²) < 4.78 is 0. The van der Waals surface area contributed by atoms with Gasteiger partial charge in [-0.15, -0.1) is 0 Å². The van der Waals surface area contributed by atoms with Crippen LogP contribution in [0.2, 0.25) is 0 Å². The summed E-state index contributed by atoms with van der Waals surface area (Å²) in [5, 5.41) is 7.06. The smallest absolute Gasteiger partial charge is 0.0673 e. The number of fused-ring (bicyclic) bond motifs is 7. The van der Waals surface area contributed by atoms with Crippen molar-refractivity contribution in [3.8, 4) is 0 Å². The highest BCUT2D eigenvalue weighted by Gasteiger charge is 2.45. The van der Waals surface area contributed by atoms with Crippen molar-refractivity contribution >= 4 is 5.69 Å². The van der Waals surface area contributed by atoms with Crippen molar-refractivity contribution in [1.82, 2.24) is 5.32 Å². The zero-order chi connectivity index (χ0) is 13.0. The molecule has 2 heteroatoms. The SMILES string of the molecule is CC12NC(Cc3ccc(N[11CH3])cc31)c1ccccc12. The van der Waals surface area contributed by atoms with Gasteiger partial charge in [-0.25, -0.2) is 0 Å². The van der Waals surface area contributed by atoms with Crippen LogP contribution >= 0.6 is 0 Å². The molecular formula is C17H18N2. The fourth-order valence-corrected chi connectivity index (χ4v) is 3.74. The summed E-state index contributed by atoms with van der Waals surface area (Å²) in [5.74, 6) is 0. The Hall–Kier alpha value is -1.80. The molecule has 19 heavy (non-hydrogen) atoms. The normalized spacial score (nSPS) is 26.7. The summed E-state index contributed by atoms with van der Waals surface area (Å²) >= 11 is 0. The fourth-order valence-electron chi connectivity index (χ4n) is 3.74. The van der Waals surface area contributed by atoms with E-state index in [2.05, 4.69) is 60.0 Å². The minimum atomic E-state index is -0.0400. The van der Waals surface area contributed by atoms with Gasteiger partial charge in [0.2, 0.25) is 0 Å². The number of nitrogens with one attached hydrogen (secondary N) is 2. The van der Waals surface area contributed by atoms with Crippen LogP contribution in [0, 0.1) is 0 Å². The van der Waals surface area contributed by atoms with Crippen LogP contribution in [0.5, 0.6) is 0 Å². The second-order valence-electron chi connectivity index (χ2n) is 5.74. The molecule has 2 bridgehead atoms. The minimum Gasteiger partial charge on any atom is -0.388 e. The van der Waals surface area contributed by atoms with E-state index in [0.29, 0.717) is 6.04 Å². The third-order valence-corrected chi connectivity index (χ3v) is 4.70. The van der Waals surface area contributed by atoms with Crippen molar-refractivity contribution in [2.24, 2.45) is 0 Å². The van der Waals surface area contributed by atoms with Crippen LogP contribution in [0.3, 0.4) is 0 Å². The molecule has 2 unspecified atom stereocenters. The molecule has 0 saturated heterocycles. The molecule has 2 heterocycles. The van der Waals surface area contributed by atoms with Crippen molar-refractivity contribution < 1.29 is 0 Å². The lowest BCUT2D eigenvalue weighted by Crippen LogP contribution is -2.41. The van der Waals surface area contributed by atoms with Gasteiger partial charge in [-0.3, -0.25) is 5.32 Å². The van der Waals surface area contributed by atoms with Crippen LogP contribution in [0.1, 0.15) is 35.2 Å². The summed E-state index contributed by atoms with van der Waals surface area (Å²) in [5.41, 5.74) is 6.94. The molecule has 0 aliphatic carbocycles. The molecule has 2 nitrogen and oxygen atoms in total. The highest BCUT2D eigenvalue weighted by Crippen LogP contribution is 2.48. The third-order valence-electron chi connectivity index (χ3n) is 4.70. The van der Waals surface area contributed by atoms with E-state index in [4.69, 9.17) is 0 Å². The highest BCUT2D eigenvalue weighted by molar-refractivity contribution is 5.59. The first-order chi connectivity index (χ1) is 9.22. The number of hydrogen-bond acceptors (Lipinski definition) is 2. The molecule has 0 saturated carbocycles. The predicted octanol–water partition coefficient (Wildman–Crippen LogP) is 3.19. The fraction of sp³-hybridized carbons (Fsp3) is 0.294. The van der Waals surface area contributed by atoms with Crippen LogP contribution in [0.15, 0.2) is 42.5 Å². The van der Waals surface area contributed by atoms with Crippen molar-refractivity contribution in [2.75, 3.05) is 12.4 Å². The molecule has 2 N–H and O–H groups in total. The van der Waals surface area contributed by atoms with E-state index in [1.807, 2.05) is 7.05 Å². The first kappa shape index (κ1) is 11.1. The molecular weight excluding hydrogens is 231 g/mol. The second kappa shape index (κ2) is 3.61. The maximum absolute atomic E-state index is 3.81. The molecule has 2 aromatic carbocycles. The molecule has 2 aliphatic heterocycles. The Morgan fingerprint density at radius 3 is 2.84 bits per heavy atom. The molecule has 2 aliphatic rings. The van der Waals surface area contributed by atoms with Gasteiger partial charge < -0.3 is 5.32 Å². The van der Waals surface area contributed by atoms with Crippen LogP contribution in [-0.2, 0) is 12.0 Å². The van der Waals surface area contributed by atoms with Gasteiger partial charge >= 0.3 is 0 Å². The monoisotopic (exact) mass is 249 g/mol.